The van der Waals surface area contributed by atoms with E-state index in [-0.39, 0.29) is 22.8 Å². The number of carboxylic acids is 1. The number of benzene rings is 2. The summed E-state index contributed by atoms with van der Waals surface area (Å²) in [5.41, 5.74) is 12.5. The molecule has 274 valence electrons. The maximum Gasteiger partial charge on any atom is 0.327 e. The first-order valence-electron chi connectivity index (χ1n) is 15.9. The van der Waals surface area contributed by atoms with Gasteiger partial charge in [0.2, 0.25) is 11.8 Å². The van der Waals surface area contributed by atoms with E-state index in [4.69, 9.17) is 11.5 Å². The van der Waals surface area contributed by atoms with Crippen LogP contribution >= 0.6 is 23.5 Å². The Morgan fingerprint density at radius 2 is 1.65 bits per heavy atom. The third-order valence-electron chi connectivity index (χ3n) is 8.77. The number of nitrogens with two attached hydrogens (primary N) is 2. The Labute approximate surface area is 306 Å². The Kier molecular flexibility index (Phi) is 10.9. The number of aliphatic carboxylic acids is 1. The molecule has 2 aromatic carbocycles. The van der Waals surface area contributed by atoms with Gasteiger partial charge in [-0.1, -0.05) is 12.1 Å². The number of anilines is 1. The number of carbonyl (C=O) groups excluding carboxylic acids is 5. The normalized spacial score (nSPS) is 19.9. The van der Waals surface area contributed by atoms with Crippen molar-refractivity contribution >= 4 is 64.7 Å². The van der Waals surface area contributed by atoms with Crippen molar-refractivity contribution in [3.8, 4) is 23.0 Å². The molecule has 2 unspecified atom stereocenters. The number of nitrogens with zero attached hydrogens (tertiary/aromatic N) is 5. The minimum atomic E-state index is -1.50. The Bertz CT molecular complexity index is 1930. The highest BCUT2D eigenvalue weighted by molar-refractivity contribution is 8.01. The van der Waals surface area contributed by atoms with Crippen LogP contribution in [0.1, 0.15) is 49.2 Å². The van der Waals surface area contributed by atoms with Gasteiger partial charge in [-0.05, 0) is 74.2 Å². The number of phenolic OH excluding ortho intramolecular Hbond substituents is 1. The summed E-state index contributed by atoms with van der Waals surface area (Å²) in [5.74, 6) is -5.68. The molecule has 0 spiro atoms. The van der Waals surface area contributed by atoms with Gasteiger partial charge in [0.1, 0.15) is 34.8 Å². The lowest BCUT2D eigenvalue weighted by Crippen LogP contribution is -2.72. The summed E-state index contributed by atoms with van der Waals surface area (Å²) in [7, 11) is 0. The Hall–Kier alpha value is -5.04. The minimum absolute atomic E-state index is 0.0556. The summed E-state index contributed by atoms with van der Waals surface area (Å²) >= 11 is 2.63. The van der Waals surface area contributed by atoms with Gasteiger partial charge in [-0.2, -0.15) is 16.7 Å². The van der Waals surface area contributed by atoms with Crippen LogP contribution in [0.5, 0.6) is 11.6 Å². The van der Waals surface area contributed by atoms with Crippen molar-refractivity contribution in [1.82, 2.24) is 19.8 Å². The van der Waals surface area contributed by atoms with Gasteiger partial charge >= 0.3 is 5.97 Å². The van der Waals surface area contributed by atoms with Gasteiger partial charge in [-0.15, -0.1) is 11.8 Å². The topological polar surface area (TPSA) is 251 Å². The van der Waals surface area contributed by atoms with Gasteiger partial charge in [0.25, 0.3) is 23.6 Å². The smallest absolute Gasteiger partial charge is 0.327 e. The molecule has 16 nitrogen and oxygen atoms in total. The van der Waals surface area contributed by atoms with E-state index in [1.807, 2.05) is 6.26 Å². The number of rotatable bonds is 11. The molecule has 3 aromatic rings. The lowest BCUT2D eigenvalue weighted by molar-refractivity contribution is -0.166. The number of carboxylic acid groups (broad SMARTS) is 1. The number of phenols is 1. The standard InChI is InChI=1S/C34H37N7O9S2/c1-16(42)39(29(46)22(35)13-14-51-4)19-9-5-18(6-10-19)26-37-15-21(27(44)38-26)28(45)40(30(47)23(36)17-7-11-20(43)12-8-17)24-31(48)41-25(33(49)50)34(2,3)52-32(24)41/h5-12,15,22-25,32,43H,13-14,35-36H2,1-4H3,(H,49,50)(H,37,38,44)/t22?,23?,24-,25+,32-/m1/s1. The molecule has 7 N–H and O–H groups in total. The molecule has 0 bridgehead atoms. The van der Waals surface area contributed by atoms with E-state index in [0.29, 0.717) is 22.6 Å². The van der Waals surface area contributed by atoms with E-state index >= 15 is 0 Å². The highest BCUT2D eigenvalue weighted by Gasteiger charge is 2.67. The summed E-state index contributed by atoms with van der Waals surface area (Å²) < 4.78 is -0.977. The molecule has 2 aliphatic rings. The predicted molar refractivity (Wildman–Crippen MR) is 192 cm³/mol. The average molecular weight is 752 g/mol. The number of fused-ring (bicyclic) bond motifs is 1. The molecule has 5 amide bonds. The van der Waals surface area contributed by atoms with Gasteiger partial charge in [0, 0.05) is 23.4 Å². The molecule has 3 heterocycles. The molecule has 0 aliphatic carbocycles. The third-order valence-corrected chi connectivity index (χ3v) is 11.0. The molecule has 1 aromatic heterocycles. The van der Waals surface area contributed by atoms with Crippen LogP contribution < -0.4 is 16.4 Å². The summed E-state index contributed by atoms with van der Waals surface area (Å²) in [4.78, 5) is 90.1. The first-order valence-corrected chi connectivity index (χ1v) is 18.2. The van der Waals surface area contributed by atoms with Gasteiger partial charge in [-0.3, -0.25) is 28.9 Å². The zero-order chi connectivity index (χ0) is 38.2. The van der Waals surface area contributed by atoms with Crippen molar-refractivity contribution in [3.63, 3.8) is 0 Å². The fourth-order valence-electron chi connectivity index (χ4n) is 6.12. The molecule has 2 fully saturated rings. The summed E-state index contributed by atoms with van der Waals surface area (Å²) in [6, 6.07) is 6.17. The summed E-state index contributed by atoms with van der Waals surface area (Å²) in [6.45, 7) is 4.51. The number of carbonyl (C=O) groups is 6. The SMILES string of the molecule is CSCCC(N)C(=O)N(C(C)=O)c1ccc(-c2ncc(C(=O)N(C(=O)C(N)c3ccc(O)cc3)[C@@H]3C(=O)N4[C@@H]3SC(C)(C)[C@@H]4C(=O)O)c(O)n2)cc1. The minimum Gasteiger partial charge on any atom is -0.508 e. The van der Waals surface area contributed by atoms with Crippen LogP contribution in [0.25, 0.3) is 11.4 Å². The van der Waals surface area contributed by atoms with Crippen molar-refractivity contribution in [2.75, 3.05) is 16.9 Å². The fraction of sp³-hybridized carbons (Fsp3) is 0.353. The first kappa shape index (κ1) is 38.2. The number of hydrogen-bond acceptors (Lipinski definition) is 14. The second kappa shape index (κ2) is 14.9. The van der Waals surface area contributed by atoms with E-state index in [2.05, 4.69) is 9.97 Å². The summed E-state index contributed by atoms with van der Waals surface area (Å²) in [5, 5.41) is 29.7. The second-order valence-corrected chi connectivity index (χ2v) is 15.4. The molecular weight excluding hydrogens is 715 g/mol. The molecule has 0 saturated carbocycles. The molecule has 0 radical (unpaired) electrons. The molecule has 2 aliphatic heterocycles. The third kappa shape index (κ3) is 7.06. The van der Waals surface area contributed by atoms with E-state index in [9.17, 15) is 44.1 Å². The average Bonchev–Trinajstić information content (AvgIpc) is 3.36. The van der Waals surface area contributed by atoms with Gasteiger partial charge in [0.15, 0.2) is 5.82 Å². The molecule has 5 atom stereocenters. The largest absolute Gasteiger partial charge is 0.508 e. The molecule has 18 heteroatoms. The lowest BCUT2D eigenvalue weighted by Gasteiger charge is -2.47. The Morgan fingerprint density at radius 3 is 2.21 bits per heavy atom. The molecule has 2 saturated heterocycles. The first-order chi connectivity index (χ1) is 24.5. The fourth-order valence-corrected chi connectivity index (χ4v) is 8.28. The Balaban J connectivity index is 1.46. The van der Waals surface area contributed by atoms with Crippen molar-refractivity contribution in [3.05, 3.63) is 65.9 Å². The quantitative estimate of drug-likeness (QED) is 0.175. The van der Waals surface area contributed by atoms with Crippen LogP contribution in [0.4, 0.5) is 5.69 Å². The molecule has 52 heavy (non-hydrogen) atoms. The monoisotopic (exact) mass is 751 g/mol. The van der Waals surface area contributed by atoms with E-state index in [1.54, 1.807) is 13.8 Å². The van der Waals surface area contributed by atoms with Crippen molar-refractivity contribution in [2.45, 2.75) is 61.5 Å². The van der Waals surface area contributed by atoms with Crippen LogP contribution in [0.3, 0.4) is 0 Å². The zero-order valence-corrected chi connectivity index (χ0v) is 30.1. The number of hydrogen-bond donors (Lipinski definition) is 5. The van der Waals surface area contributed by atoms with Crippen LogP contribution in [0.15, 0.2) is 54.7 Å². The maximum absolute atomic E-state index is 14.2. The predicted octanol–water partition coefficient (Wildman–Crippen LogP) is 1.70. The number of β-lactam (4-membered cyclic amide) rings is 1. The number of imide groups is 2. The van der Waals surface area contributed by atoms with E-state index in [0.717, 1.165) is 27.8 Å². The number of amides is 5. The van der Waals surface area contributed by atoms with Crippen LogP contribution in [-0.2, 0) is 24.0 Å². The maximum atomic E-state index is 14.2. The van der Waals surface area contributed by atoms with Crippen molar-refractivity contribution < 1.29 is 44.1 Å². The number of aromatic hydroxyl groups is 2. The number of aromatic nitrogens is 2. The van der Waals surface area contributed by atoms with Crippen molar-refractivity contribution in [1.29, 1.82) is 0 Å². The molecule has 5 rings (SSSR count). The number of thioether (sulfide) groups is 2. The van der Waals surface area contributed by atoms with Crippen LogP contribution in [0.2, 0.25) is 0 Å². The molecular formula is C34H37N7O9S2. The lowest BCUT2D eigenvalue weighted by atomic mass is 9.94. The van der Waals surface area contributed by atoms with Crippen LogP contribution in [-0.4, -0.2) is 111 Å². The van der Waals surface area contributed by atoms with Gasteiger partial charge < -0.3 is 31.7 Å². The van der Waals surface area contributed by atoms with E-state index < -0.39 is 81.2 Å². The Morgan fingerprint density at radius 1 is 1.02 bits per heavy atom. The highest BCUT2D eigenvalue weighted by atomic mass is 32.2. The summed E-state index contributed by atoms with van der Waals surface area (Å²) in [6.07, 6.45) is 3.23. The zero-order valence-electron chi connectivity index (χ0n) is 28.5. The van der Waals surface area contributed by atoms with Gasteiger partial charge in [0.05, 0.1) is 11.7 Å². The second-order valence-electron chi connectivity index (χ2n) is 12.7. The highest BCUT2D eigenvalue weighted by Crippen LogP contribution is 2.52. The van der Waals surface area contributed by atoms with Crippen molar-refractivity contribution in [2.24, 2.45) is 11.5 Å². The van der Waals surface area contributed by atoms with E-state index in [1.165, 1.54) is 67.2 Å². The van der Waals surface area contributed by atoms with Crippen LogP contribution in [0, 0.1) is 0 Å². The van der Waals surface area contributed by atoms with Gasteiger partial charge in [-0.25, -0.2) is 14.7 Å².